The van der Waals surface area contributed by atoms with Gasteiger partial charge in [0, 0.05) is 21.9 Å². The molecule has 2 N–H and O–H groups in total. The van der Waals surface area contributed by atoms with E-state index in [1.807, 2.05) is 11.3 Å². The molecule has 0 spiro atoms. The number of nitrogens with zero attached hydrogens (tertiary/aromatic N) is 2. The molecule has 0 saturated carbocycles. The lowest BCUT2D eigenvalue weighted by Gasteiger charge is -1.94. The molecular formula is C24H22N3S+. The Morgan fingerprint density at radius 3 is 2.79 bits per heavy atom. The van der Waals surface area contributed by atoms with Gasteiger partial charge in [-0.3, -0.25) is 0 Å². The number of rotatable bonds is 5. The molecule has 1 aliphatic rings. The lowest BCUT2D eigenvalue weighted by molar-refractivity contribution is -0.583. The van der Waals surface area contributed by atoms with E-state index in [2.05, 4.69) is 94.8 Å². The average molecular weight is 385 g/mol. The standard InChI is InChI=1S/C24H22N3S/c1-17-16-19(27-24(17)21(13-14-25)22-8-5-15-26(22)27)9-10-20-11-12-23(28-20)18-6-3-2-4-7-18/h2-12,15-16H,13-14,25H2,1H3/q+1. The quantitative estimate of drug-likeness (QED) is 0.498. The van der Waals surface area contributed by atoms with Crippen LogP contribution < -0.4 is 10.1 Å². The summed E-state index contributed by atoms with van der Waals surface area (Å²) in [5.41, 5.74) is 13.5. The van der Waals surface area contributed by atoms with E-state index in [1.165, 1.54) is 43.3 Å². The van der Waals surface area contributed by atoms with Crippen molar-refractivity contribution in [3.8, 4) is 10.4 Å². The normalized spacial score (nSPS) is 12.9. The fourth-order valence-corrected chi connectivity index (χ4v) is 4.95. The van der Waals surface area contributed by atoms with E-state index in [0.29, 0.717) is 6.54 Å². The minimum Gasteiger partial charge on any atom is -0.330 e. The molecule has 0 atom stereocenters. The number of hydrogen-bond acceptors (Lipinski definition) is 2. The number of hydrogen-bond donors (Lipinski definition) is 1. The van der Waals surface area contributed by atoms with Gasteiger partial charge in [-0.2, -0.15) is 0 Å². The second-order valence-corrected chi connectivity index (χ2v) is 8.18. The van der Waals surface area contributed by atoms with Crippen molar-refractivity contribution in [2.45, 2.75) is 13.3 Å². The van der Waals surface area contributed by atoms with Crippen molar-refractivity contribution in [2.24, 2.45) is 5.73 Å². The summed E-state index contributed by atoms with van der Waals surface area (Å²) in [6, 6.07) is 17.2. The molecule has 0 saturated heterocycles. The number of allylic oxidation sites excluding steroid dienone is 1. The maximum Gasteiger partial charge on any atom is 0.242 e. The summed E-state index contributed by atoms with van der Waals surface area (Å²) < 4.78 is 4.54. The highest BCUT2D eigenvalue weighted by Crippen LogP contribution is 2.30. The zero-order valence-corrected chi connectivity index (χ0v) is 16.6. The van der Waals surface area contributed by atoms with Crippen LogP contribution in [-0.2, 0) is 6.42 Å². The van der Waals surface area contributed by atoms with Crippen molar-refractivity contribution in [3.05, 3.63) is 88.2 Å². The molecule has 1 aromatic carbocycles. The molecule has 0 unspecified atom stereocenters. The maximum atomic E-state index is 5.88. The van der Waals surface area contributed by atoms with Crippen molar-refractivity contribution in [3.63, 3.8) is 0 Å². The van der Waals surface area contributed by atoms with Crippen LogP contribution in [0.1, 0.15) is 27.4 Å². The van der Waals surface area contributed by atoms with Crippen molar-refractivity contribution < 1.29 is 4.36 Å². The predicted octanol–water partition coefficient (Wildman–Crippen LogP) is 4.69. The van der Waals surface area contributed by atoms with Gasteiger partial charge in [0.25, 0.3) is 0 Å². The van der Waals surface area contributed by atoms with Gasteiger partial charge in [0.15, 0.2) is 0 Å². The zero-order chi connectivity index (χ0) is 19.1. The van der Waals surface area contributed by atoms with E-state index in [0.717, 1.165) is 6.42 Å². The van der Waals surface area contributed by atoms with Gasteiger partial charge in [0.1, 0.15) is 11.2 Å². The van der Waals surface area contributed by atoms with Crippen molar-refractivity contribution in [1.82, 2.24) is 4.52 Å². The summed E-state index contributed by atoms with van der Waals surface area (Å²) in [4.78, 5) is 2.55. The molecule has 0 radical (unpaired) electrons. The van der Waals surface area contributed by atoms with Gasteiger partial charge in [-0.05, 0) is 61.4 Å². The van der Waals surface area contributed by atoms with E-state index >= 15 is 0 Å². The van der Waals surface area contributed by atoms with Crippen LogP contribution in [0.3, 0.4) is 0 Å². The highest BCUT2D eigenvalue weighted by atomic mass is 32.1. The van der Waals surface area contributed by atoms with Crippen LogP contribution in [-0.4, -0.2) is 11.1 Å². The molecule has 4 aromatic rings. The van der Waals surface area contributed by atoms with Crippen LogP contribution in [0.4, 0.5) is 0 Å². The molecular weight excluding hydrogens is 362 g/mol. The molecule has 0 bridgehead atoms. The summed E-state index contributed by atoms with van der Waals surface area (Å²) in [6.45, 7) is 2.85. The lowest BCUT2D eigenvalue weighted by Crippen LogP contribution is -2.24. The molecule has 28 heavy (non-hydrogen) atoms. The van der Waals surface area contributed by atoms with Gasteiger partial charge >= 0.3 is 0 Å². The largest absolute Gasteiger partial charge is 0.330 e. The van der Waals surface area contributed by atoms with Crippen LogP contribution in [0, 0.1) is 13.1 Å². The van der Waals surface area contributed by atoms with Crippen LogP contribution in [0.2, 0.25) is 0 Å². The fraction of sp³-hybridized carbons (Fsp3) is 0.125. The SMILES string of the molecule is Cc1cc(C=Cc2ccc(-c3ccccc3)s2)n2c1c(CCN)c1[n+]2=CC=C1. The molecule has 3 aromatic heterocycles. The van der Waals surface area contributed by atoms with E-state index in [9.17, 15) is 0 Å². The number of fused-ring (bicyclic) bond motifs is 3. The summed E-state index contributed by atoms with van der Waals surface area (Å²) in [5, 5.41) is 0. The molecule has 4 heteroatoms. The van der Waals surface area contributed by atoms with Crippen LogP contribution in [0.25, 0.3) is 34.2 Å². The first-order chi connectivity index (χ1) is 13.8. The number of benzene rings is 1. The van der Waals surface area contributed by atoms with Gasteiger partial charge in [0.05, 0.1) is 5.56 Å². The predicted molar refractivity (Wildman–Crippen MR) is 118 cm³/mol. The molecule has 4 heterocycles. The zero-order valence-electron chi connectivity index (χ0n) is 15.8. The smallest absolute Gasteiger partial charge is 0.242 e. The Morgan fingerprint density at radius 1 is 1.11 bits per heavy atom. The van der Waals surface area contributed by atoms with Crippen LogP contribution in [0.15, 0.2) is 54.6 Å². The first-order valence-corrected chi connectivity index (χ1v) is 10.4. The van der Waals surface area contributed by atoms with E-state index in [4.69, 9.17) is 5.73 Å². The Morgan fingerprint density at radius 2 is 1.96 bits per heavy atom. The van der Waals surface area contributed by atoms with Crippen LogP contribution >= 0.6 is 11.3 Å². The Balaban J connectivity index is 1.55. The number of thiophene rings is 1. The highest BCUT2D eigenvalue weighted by Gasteiger charge is 2.26. The third-order valence-corrected chi connectivity index (χ3v) is 6.33. The van der Waals surface area contributed by atoms with E-state index in [1.54, 1.807) is 0 Å². The number of nitrogens with two attached hydrogens (primary N) is 1. The fourth-order valence-electron chi connectivity index (χ4n) is 4.03. The highest BCUT2D eigenvalue weighted by molar-refractivity contribution is 7.16. The monoisotopic (exact) mass is 384 g/mol. The van der Waals surface area contributed by atoms with Gasteiger partial charge < -0.3 is 5.73 Å². The summed E-state index contributed by atoms with van der Waals surface area (Å²) in [7, 11) is 0. The molecule has 3 nitrogen and oxygen atoms in total. The molecule has 0 aliphatic carbocycles. The molecule has 138 valence electrons. The maximum absolute atomic E-state index is 5.88. The van der Waals surface area contributed by atoms with Gasteiger partial charge in [-0.15, -0.1) is 15.9 Å². The lowest BCUT2D eigenvalue weighted by atomic mass is 10.1. The average Bonchev–Trinajstić information content (AvgIpc) is 3.46. The summed E-state index contributed by atoms with van der Waals surface area (Å²) >= 11 is 1.82. The third-order valence-electron chi connectivity index (χ3n) is 5.23. The Hall–Kier alpha value is -2.95. The third kappa shape index (κ3) is 2.73. The van der Waals surface area contributed by atoms with E-state index < -0.39 is 0 Å². The molecule has 0 amide bonds. The van der Waals surface area contributed by atoms with Gasteiger partial charge in [0.2, 0.25) is 11.9 Å². The summed E-state index contributed by atoms with van der Waals surface area (Å²) in [5.74, 6) is 0. The second kappa shape index (κ2) is 6.89. The van der Waals surface area contributed by atoms with Crippen molar-refractivity contribution >= 4 is 35.1 Å². The van der Waals surface area contributed by atoms with Crippen LogP contribution in [0.5, 0.6) is 0 Å². The second-order valence-electron chi connectivity index (χ2n) is 7.07. The minimum absolute atomic E-state index is 0.660. The van der Waals surface area contributed by atoms with Gasteiger partial charge in [-0.1, -0.05) is 34.7 Å². The Kier molecular flexibility index (Phi) is 4.23. The minimum atomic E-state index is 0.660. The number of aromatic nitrogens is 2. The summed E-state index contributed by atoms with van der Waals surface area (Å²) in [6.07, 6.45) is 11.7. The topological polar surface area (TPSA) is 36.3 Å². The van der Waals surface area contributed by atoms with Crippen molar-refractivity contribution in [2.75, 3.05) is 6.54 Å². The molecule has 1 aliphatic heterocycles. The first kappa shape index (κ1) is 17.2. The van der Waals surface area contributed by atoms with Crippen molar-refractivity contribution in [1.29, 1.82) is 0 Å². The van der Waals surface area contributed by atoms with E-state index in [-0.39, 0.29) is 0 Å². The number of aryl methyl sites for hydroxylation is 1. The molecule has 0 fully saturated rings. The molecule has 5 rings (SSSR count). The first-order valence-electron chi connectivity index (χ1n) is 9.56. The Bertz CT molecular complexity index is 1270. The van der Waals surface area contributed by atoms with Gasteiger partial charge in [-0.25, -0.2) is 0 Å². The Labute approximate surface area is 168 Å².